The minimum atomic E-state index is -3.36. The molecule has 1 fully saturated rings. The molecule has 1 saturated heterocycles. The van der Waals surface area contributed by atoms with Crippen LogP contribution in [0.2, 0.25) is 0 Å². The van der Waals surface area contributed by atoms with Crippen molar-refractivity contribution in [2.45, 2.75) is 18.2 Å². The van der Waals surface area contributed by atoms with Gasteiger partial charge in [-0.25, -0.2) is 8.42 Å². The molecule has 0 aromatic heterocycles. The van der Waals surface area contributed by atoms with Crippen LogP contribution in [-0.4, -0.2) is 50.8 Å². The van der Waals surface area contributed by atoms with Crippen LogP contribution >= 0.6 is 15.9 Å². The van der Waals surface area contributed by atoms with Crippen LogP contribution in [0.15, 0.2) is 27.6 Å². The molecule has 1 aromatic rings. The van der Waals surface area contributed by atoms with Crippen LogP contribution in [0.1, 0.15) is 12.5 Å². The summed E-state index contributed by atoms with van der Waals surface area (Å²) in [6.45, 7) is 4.69. The van der Waals surface area contributed by atoms with Crippen LogP contribution in [0.5, 0.6) is 0 Å². The van der Waals surface area contributed by atoms with E-state index >= 15 is 0 Å². The van der Waals surface area contributed by atoms with Crippen molar-refractivity contribution in [2.24, 2.45) is 0 Å². The number of nitrogens with zero attached hydrogens (tertiary/aromatic N) is 2. The van der Waals surface area contributed by atoms with Crippen molar-refractivity contribution in [3.8, 4) is 0 Å². The fraction of sp³-hybridized carbons (Fsp3) is 0.538. The number of benzene rings is 1. The minimum absolute atomic E-state index is 0.447. The molecule has 1 aromatic carbocycles. The lowest BCUT2D eigenvalue weighted by Crippen LogP contribution is -2.47. The molecule has 2 rings (SSSR count). The smallest absolute Gasteiger partial charge is 0.243 e. The molecule has 0 spiro atoms. The topological polar surface area (TPSA) is 40.6 Å². The van der Waals surface area contributed by atoms with Crippen molar-refractivity contribution in [2.75, 3.05) is 33.2 Å². The van der Waals surface area contributed by atoms with Gasteiger partial charge in [-0.05, 0) is 37.2 Å². The third kappa shape index (κ3) is 3.18. The third-order valence-electron chi connectivity index (χ3n) is 3.48. The molecule has 0 atom stereocenters. The molecule has 0 bridgehead atoms. The highest BCUT2D eigenvalue weighted by molar-refractivity contribution is 9.10. The van der Waals surface area contributed by atoms with Gasteiger partial charge in [0.25, 0.3) is 0 Å². The Hall–Kier alpha value is -0.430. The van der Waals surface area contributed by atoms with Gasteiger partial charge in [-0.3, -0.25) is 0 Å². The Labute approximate surface area is 123 Å². The Morgan fingerprint density at radius 2 is 1.84 bits per heavy atom. The molecule has 0 saturated carbocycles. The van der Waals surface area contributed by atoms with Gasteiger partial charge in [-0.2, -0.15) is 4.31 Å². The monoisotopic (exact) mass is 346 g/mol. The largest absolute Gasteiger partial charge is 0.304 e. The second-order valence-corrected chi connectivity index (χ2v) is 7.63. The van der Waals surface area contributed by atoms with E-state index in [0.29, 0.717) is 24.4 Å². The molecule has 0 unspecified atom stereocenters. The van der Waals surface area contributed by atoms with Crippen LogP contribution in [0.4, 0.5) is 0 Å². The summed E-state index contributed by atoms with van der Waals surface area (Å²) in [5.41, 5.74) is 0.869. The highest BCUT2D eigenvalue weighted by atomic mass is 79.9. The van der Waals surface area contributed by atoms with Gasteiger partial charge < -0.3 is 4.90 Å². The standard InChI is InChI=1S/C13H19BrN2O2S/c1-3-11-10-12(14)4-5-13(11)19(17,18)16-8-6-15(2)7-9-16/h4-5,10H,3,6-9H2,1-2H3. The molecular formula is C13H19BrN2O2S. The van der Waals surface area contributed by atoms with Gasteiger partial charge in [0, 0.05) is 30.7 Å². The number of sulfonamides is 1. The van der Waals surface area contributed by atoms with E-state index in [-0.39, 0.29) is 0 Å². The first kappa shape index (κ1) is 15.0. The van der Waals surface area contributed by atoms with E-state index in [1.54, 1.807) is 16.4 Å². The summed E-state index contributed by atoms with van der Waals surface area (Å²) in [5, 5.41) is 0. The number of aryl methyl sites for hydroxylation is 1. The van der Waals surface area contributed by atoms with Gasteiger partial charge in [0.1, 0.15) is 0 Å². The van der Waals surface area contributed by atoms with E-state index in [1.165, 1.54) is 0 Å². The summed E-state index contributed by atoms with van der Waals surface area (Å²) >= 11 is 3.39. The molecule has 1 aliphatic heterocycles. The lowest BCUT2D eigenvalue weighted by atomic mass is 10.2. The Morgan fingerprint density at radius 1 is 1.21 bits per heavy atom. The number of hydrogen-bond donors (Lipinski definition) is 0. The van der Waals surface area contributed by atoms with Gasteiger partial charge in [0.2, 0.25) is 10.0 Å². The molecule has 0 N–H and O–H groups in total. The zero-order chi connectivity index (χ0) is 14.0. The number of likely N-dealkylation sites (N-methyl/N-ethyl adjacent to an activating group) is 1. The first-order valence-corrected chi connectivity index (χ1v) is 8.65. The molecule has 106 valence electrons. The molecule has 6 heteroatoms. The number of piperazine rings is 1. The Morgan fingerprint density at radius 3 is 2.42 bits per heavy atom. The van der Waals surface area contributed by atoms with Crippen molar-refractivity contribution >= 4 is 26.0 Å². The van der Waals surface area contributed by atoms with Crippen molar-refractivity contribution in [1.29, 1.82) is 0 Å². The zero-order valence-corrected chi connectivity index (χ0v) is 13.7. The Bertz CT molecular complexity index is 552. The Balaban J connectivity index is 2.34. The molecule has 0 aliphatic carbocycles. The third-order valence-corrected chi connectivity index (χ3v) is 5.98. The van der Waals surface area contributed by atoms with Crippen LogP contribution in [-0.2, 0) is 16.4 Å². The lowest BCUT2D eigenvalue weighted by molar-refractivity contribution is 0.222. The zero-order valence-electron chi connectivity index (χ0n) is 11.3. The first-order chi connectivity index (χ1) is 8.95. The van der Waals surface area contributed by atoms with Gasteiger partial charge in [-0.1, -0.05) is 22.9 Å². The van der Waals surface area contributed by atoms with Crippen LogP contribution in [0.25, 0.3) is 0 Å². The first-order valence-electron chi connectivity index (χ1n) is 6.42. The fourth-order valence-electron chi connectivity index (χ4n) is 2.24. The van der Waals surface area contributed by atoms with Crippen molar-refractivity contribution in [3.05, 3.63) is 28.2 Å². The summed E-state index contributed by atoms with van der Waals surface area (Å²) < 4.78 is 27.9. The Kier molecular flexibility index (Phi) is 4.66. The summed E-state index contributed by atoms with van der Waals surface area (Å²) in [5.74, 6) is 0. The van der Waals surface area contributed by atoms with E-state index in [2.05, 4.69) is 20.8 Å². The van der Waals surface area contributed by atoms with Gasteiger partial charge in [0.15, 0.2) is 0 Å². The SMILES string of the molecule is CCc1cc(Br)ccc1S(=O)(=O)N1CCN(C)CC1. The molecule has 19 heavy (non-hydrogen) atoms. The molecule has 4 nitrogen and oxygen atoms in total. The molecule has 1 heterocycles. The maximum Gasteiger partial charge on any atom is 0.243 e. The number of halogens is 1. The summed E-state index contributed by atoms with van der Waals surface area (Å²) in [6, 6.07) is 5.39. The van der Waals surface area contributed by atoms with E-state index in [1.807, 2.05) is 20.0 Å². The summed E-state index contributed by atoms with van der Waals surface area (Å²) in [6.07, 6.45) is 0.710. The lowest BCUT2D eigenvalue weighted by Gasteiger charge is -2.32. The predicted molar refractivity (Wildman–Crippen MR) is 79.8 cm³/mol. The van der Waals surface area contributed by atoms with Crippen molar-refractivity contribution in [3.63, 3.8) is 0 Å². The summed E-state index contributed by atoms with van der Waals surface area (Å²) in [4.78, 5) is 2.59. The molecular weight excluding hydrogens is 328 g/mol. The van der Waals surface area contributed by atoms with Crippen molar-refractivity contribution in [1.82, 2.24) is 9.21 Å². The van der Waals surface area contributed by atoms with Crippen LogP contribution in [0, 0.1) is 0 Å². The second-order valence-electron chi connectivity index (χ2n) is 4.81. The molecule has 0 radical (unpaired) electrons. The predicted octanol–water partition coefficient (Wildman–Crippen LogP) is 1.95. The van der Waals surface area contributed by atoms with E-state index < -0.39 is 10.0 Å². The maximum atomic E-state index is 12.7. The fourth-order valence-corrected chi connectivity index (χ4v) is 4.35. The van der Waals surface area contributed by atoms with Gasteiger partial charge in [-0.15, -0.1) is 0 Å². The van der Waals surface area contributed by atoms with E-state index in [4.69, 9.17) is 0 Å². The minimum Gasteiger partial charge on any atom is -0.304 e. The maximum absolute atomic E-state index is 12.7. The van der Waals surface area contributed by atoms with Crippen LogP contribution in [0.3, 0.4) is 0 Å². The average molecular weight is 347 g/mol. The molecule has 1 aliphatic rings. The number of hydrogen-bond acceptors (Lipinski definition) is 3. The van der Waals surface area contributed by atoms with Gasteiger partial charge >= 0.3 is 0 Å². The van der Waals surface area contributed by atoms with Crippen molar-refractivity contribution < 1.29 is 8.42 Å². The van der Waals surface area contributed by atoms with Gasteiger partial charge in [0.05, 0.1) is 4.90 Å². The average Bonchev–Trinajstić information content (AvgIpc) is 2.38. The quantitative estimate of drug-likeness (QED) is 0.839. The highest BCUT2D eigenvalue weighted by Gasteiger charge is 2.28. The van der Waals surface area contributed by atoms with Crippen LogP contribution < -0.4 is 0 Å². The molecule has 0 amide bonds. The highest BCUT2D eigenvalue weighted by Crippen LogP contribution is 2.25. The summed E-state index contributed by atoms with van der Waals surface area (Å²) in [7, 11) is -1.34. The number of rotatable bonds is 3. The van der Waals surface area contributed by atoms with E-state index in [0.717, 1.165) is 23.1 Å². The normalized spacial score (nSPS) is 18.7. The van der Waals surface area contributed by atoms with E-state index in [9.17, 15) is 8.42 Å². The second kappa shape index (κ2) is 5.91.